The summed E-state index contributed by atoms with van der Waals surface area (Å²) in [4.78, 5) is 0. The SMILES string of the molecule is CC(C)(C)N=P(Cc1ccccc1)(NC(C)(C)C)c1ccccc1. The highest BCUT2D eigenvalue weighted by atomic mass is 31.2. The second-order valence-electron chi connectivity index (χ2n) is 8.38. The van der Waals surface area contributed by atoms with Crippen LogP contribution >= 0.6 is 7.21 Å². The maximum atomic E-state index is 5.39. The minimum absolute atomic E-state index is 0.00680. The Kier molecular flexibility index (Phi) is 5.73. The number of benzene rings is 2. The standard InChI is InChI=1S/C21H31N2P/c1-20(2,3)22-24(23-21(4,5)6,19-15-11-8-12-16-19)17-18-13-9-7-10-14-18/h7-16,22H,17H2,1-6H3. The number of nitrogens with one attached hydrogen (secondary N) is 1. The van der Waals surface area contributed by atoms with Crippen molar-refractivity contribution in [3.63, 3.8) is 0 Å². The molecule has 1 atom stereocenters. The van der Waals surface area contributed by atoms with E-state index in [1.165, 1.54) is 10.9 Å². The molecule has 2 rings (SSSR count). The second kappa shape index (κ2) is 7.25. The Morgan fingerprint density at radius 2 is 1.29 bits per heavy atom. The van der Waals surface area contributed by atoms with Crippen LogP contribution in [0.4, 0.5) is 0 Å². The molecule has 0 bridgehead atoms. The summed E-state index contributed by atoms with van der Waals surface area (Å²) >= 11 is 0. The zero-order valence-electron chi connectivity index (χ0n) is 15.9. The molecular weight excluding hydrogens is 311 g/mol. The molecule has 2 nitrogen and oxygen atoms in total. The van der Waals surface area contributed by atoms with Gasteiger partial charge < -0.3 is 0 Å². The molecule has 0 saturated heterocycles. The number of nitrogens with zero attached hydrogens (tertiary/aromatic N) is 1. The fourth-order valence-corrected chi connectivity index (χ4v) is 7.07. The van der Waals surface area contributed by atoms with Crippen molar-refractivity contribution < 1.29 is 0 Å². The number of hydrogen-bond acceptors (Lipinski definition) is 1. The van der Waals surface area contributed by atoms with Gasteiger partial charge in [0.05, 0.1) is 12.7 Å². The van der Waals surface area contributed by atoms with Crippen molar-refractivity contribution in [3.05, 3.63) is 66.2 Å². The Balaban J connectivity index is 2.66. The lowest BCUT2D eigenvalue weighted by atomic mass is 10.1. The Morgan fingerprint density at radius 1 is 0.792 bits per heavy atom. The molecule has 130 valence electrons. The predicted octanol–water partition coefficient (Wildman–Crippen LogP) is 5.81. The Bertz CT molecular complexity index is 692. The Hall–Kier alpha value is -1.37. The number of hydrogen-bond donors (Lipinski definition) is 1. The summed E-state index contributed by atoms with van der Waals surface area (Å²) in [6.07, 6.45) is 0.937. The molecule has 0 saturated carbocycles. The summed E-state index contributed by atoms with van der Waals surface area (Å²) in [6.45, 7) is 13.3. The molecule has 24 heavy (non-hydrogen) atoms. The summed E-state index contributed by atoms with van der Waals surface area (Å²) in [7, 11) is -1.94. The molecule has 2 aromatic carbocycles. The third-order valence-corrected chi connectivity index (χ3v) is 7.39. The van der Waals surface area contributed by atoms with E-state index in [4.69, 9.17) is 4.74 Å². The lowest BCUT2D eigenvalue weighted by molar-refractivity contribution is 0.521. The molecule has 0 aliphatic carbocycles. The van der Waals surface area contributed by atoms with Crippen LogP contribution in [0.3, 0.4) is 0 Å². The molecule has 3 heteroatoms. The van der Waals surface area contributed by atoms with Crippen molar-refractivity contribution in [3.8, 4) is 0 Å². The van der Waals surface area contributed by atoms with Crippen molar-refractivity contribution >= 4 is 12.5 Å². The van der Waals surface area contributed by atoms with Crippen LogP contribution in [-0.2, 0) is 6.16 Å². The lowest BCUT2D eigenvalue weighted by Crippen LogP contribution is -2.37. The van der Waals surface area contributed by atoms with Crippen LogP contribution in [0.2, 0.25) is 0 Å². The van der Waals surface area contributed by atoms with Crippen LogP contribution in [0, 0.1) is 0 Å². The fourth-order valence-electron chi connectivity index (χ4n) is 2.90. The second-order valence-corrected chi connectivity index (χ2v) is 11.2. The van der Waals surface area contributed by atoms with E-state index in [1.807, 2.05) is 0 Å². The first-order chi connectivity index (χ1) is 11.1. The van der Waals surface area contributed by atoms with Gasteiger partial charge in [-0.2, -0.15) is 0 Å². The van der Waals surface area contributed by atoms with E-state index >= 15 is 0 Å². The minimum atomic E-state index is -1.94. The monoisotopic (exact) mass is 342 g/mol. The smallest absolute Gasteiger partial charge is 0.0631 e. The maximum Gasteiger partial charge on any atom is 0.0631 e. The summed E-state index contributed by atoms with van der Waals surface area (Å²) in [6, 6.07) is 21.5. The van der Waals surface area contributed by atoms with E-state index in [0.29, 0.717) is 0 Å². The largest absolute Gasteiger partial charge is 0.278 e. The van der Waals surface area contributed by atoms with E-state index in [0.717, 1.165) is 6.16 Å². The van der Waals surface area contributed by atoms with Crippen LogP contribution in [0.1, 0.15) is 47.1 Å². The van der Waals surface area contributed by atoms with Crippen molar-refractivity contribution in [1.82, 2.24) is 5.09 Å². The van der Waals surface area contributed by atoms with E-state index in [1.54, 1.807) is 0 Å². The Morgan fingerprint density at radius 3 is 1.75 bits per heavy atom. The maximum absolute atomic E-state index is 5.39. The summed E-state index contributed by atoms with van der Waals surface area (Å²) in [5.74, 6) is 0. The third-order valence-electron chi connectivity index (χ3n) is 3.43. The quantitative estimate of drug-likeness (QED) is 0.696. The molecule has 0 amide bonds. The average Bonchev–Trinajstić information content (AvgIpc) is 2.45. The van der Waals surface area contributed by atoms with E-state index < -0.39 is 7.21 Å². The first-order valence-corrected chi connectivity index (χ1v) is 10.5. The molecule has 0 aliphatic heterocycles. The lowest BCUT2D eigenvalue weighted by Gasteiger charge is -2.36. The molecule has 2 aromatic rings. The van der Waals surface area contributed by atoms with Gasteiger partial charge in [-0.25, -0.2) is 0 Å². The highest BCUT2D eigenvalue weighted by Crippen LogP contribution is 2.51. The summed E-state index contributed by atoms with van der Waals surface area (Å²) < 4.78 is 5.39. The highest BCUT2D eigenvalue weighted by Gasteiger charge is 2.29. The van der Waals surface area contributed by atoms with E-state index in [2.05, 4.69) is 107 Å². The van der Waals surface area contributed by atoms with Crippen LogP contribution < -0.4 is 10.4 Å². The first kappa shape index (κ1) is 19.0. The molecule has 0 aromatic heterocycles. The van der Waals surface area contributed by atoms with Gasteiger partial charge in [0.15, 0.2) is 0 Å². The van der Waals surface area contributed by atoms with Gasteiger partial charge in [0, 0.05) is 17.0 Å². The van der Waals surface area contributed by atoms with Gasteiger partial charge in [0.1, 0.15) is 0 Å². The highest BCUT2D eigenvalue weighted by molar-refractivity contribution is 7.71. The zero-order chi connectivity index (χ0) is 17.8. The average molecular weight is 342 g/mol. The topological polar surface area (TPSA) is 24.4 Å². The summed E-state index contributed by atoms with van der Waals surface area (Å²) in [5.41, 5.74) is 1.23. The molecule has 0 heterocycles. The van der Waals surface area contributed by atoms with Gasteiger partial charge in [-0.15, -0.1) is 0 Å². The van der Waals surface area contributed by atoms with Crippen molar-refractivity contribution in [2.45, 2.75) is 58.8 Å². The molecule has 1 unspecified atom stereocenters. The molecule has 0 radical (unpaired) electrons. The third kappa shape index (κ3) is 5.61. The van der Waals surface area contributed by atoms with Crippen molar-refractivity contribution in [2.75, 3.05) is 0 Å². The number of rotatable bonds is 4. The minimum Gasteiger partial charge on any atom is -0.278 e. The van der Waals surface area contributed by atoms with Crippen LogP contribution in [0.5, 0.6) is 0 Å². The van der Waals surface area contributed by atoms with Gasteiger partial charge in [-0.05, 0) is 47.1 Å². The van der Waals surface area contributed by atoms with Crippen molar-refractivity contribution in [2.24, 2.45) is 4.74 Å². The molecule has 0 aliphatic rings. The van der Waals surface area contributed by atoms with Crippen LogP contribution in [-0.4, -0.2) is 11.1 Å². The molecule has 0 fully saturated rings. The van der Waals surface area contributed by atoms with Gasteiger partial charge in [-0.1, -0.05) is 60.7 Å². The van der Waals surface area contributed by atoms with Crippen LogP contribution in [0.25, 0.3) is 0 Å². The first-order valence-electron chi connectivity index (χ1n) is 8.61. The van der Waals surface area contributed by atoms with Gasteiger partial charge in [0.2, 0.25) is 0 Å². The zero-order valence-corrected chi connectivity index (χ0v) is 16.8. The van der Waals surface area contributed by atoms with Gasteiger partial charge >= 0.3 is 0 Å². The molecule has 1 N–H and O–H groups in total. The van der Waals surface area contributed by atoms with Crippen molar-refractivity contribution in [1.29, 1.82) is 0 Å². The fraction of sp³-hybridized carbons (Fsp3) is 0.429. The Labute approximate surface area is 147 Å². The normalized spacial score (nSPS) is 14.9. The molecular formula is C21H31N2P. The van der Waals surface area contributed by atoms with Crippen LogP contribution in [0.15, 0.2) is 65.4 Å². The van der Waals surface area contributed by atoms with Gasteiger partial charge in [0.25, 0.3) is 0 Å². The van der Waals surface area contributed by atoms with Gasteiger partial charge in [-0.3, -0.25) is 9.83 Å². The van der Waals surface area contributed by atoms with E-state index in [9.17, 15) is 0 Å². The summed E-state index contributed by atoms with van der Waals surface area (Å²) in [5, 5.41) is 5.25. The predicted molar refractivity (Wildman–Crippen MR) is 108 cm³/mol. The molecule has 0 spiro atoms. The van der Waals surface area contributed by atoms with E-state index in [-0.39, 0.29) is 11.1 Å².